The molecule has 72 valence electrons. The van der Waals surface area contributed by atoms with E-state index >= 15 is 0 Å². The van der Waals surface area contributed by atoms with E-state index in [1.807, 2.05) is 0 Å². The summed E-state index contributed by atoms with van der Waals surface area (Å²) in [5.74, 6) is 0. The molecule has 0 aromatic rings. The summed E-state index contributed by atoms with van der Waals surface area (Å²) >= 11 is 0. The predicted octanol–water partition coefficient (Wildman–Crippen LogP) is 0.444. The first-order valence-corrected chi connectivity index (χ1v) is 4.59. The van der Waals surface area contributed by atoms with Gasteiger partial charge in [-0.1, -0.05) is 0 Å². The SMILES string of the molecule is COCC1(N)CCN(C(C)C)C1. The zero-order chi connectivity index (χ0) is 9.19. The van der Waals surface area contributed by atoms with Crippen LogP contribution in [-0.2, 0) is 4.74 Å². The van der Waals surface area contributed by atoms with E-state index in [2.05, 4.69) is 18.7 Å². The van der Waals surface area contributed by atoms with Crippen molar-refractivity contribution < 1.29 is 4.74 Å². The minimum atomic E-state index is -0.0982. The van der Waals surface area contributed by atoms with Crippen molar-refractivity contribution in [3.05, 3.63) is 0 Å². The van der Waals surface area contributed by atoms with Crippen LogP contribution in [0, 0.1) is 0 Å². The molecule has 3 heteroatoms. The van der Waals surface area contributed by atoms with E-state index in [4.69, 9.17) is 10.5 Å². The van der Waals surface area contributed by atoms with Crippen LogP contribution in [0.1, 0.15) is 20.3 Å². The Bertz CT molecular complexity index is 149. The van der Waals surface area contributed by atoms with Crippen LogP contribution in [0.25, 0.3) is 0 Å². The lowest BCUT2D eigenvalue weighted by Crippen LogP contribution is -2.47. The van der Waals surface area contributed by atoms with Gasteiger partial charge in [-0.3, -0.25) is 4.90 Å². The predicted molar refractivity (Wildman–Crippen MR) is 50.1 cm³/mol. The maximum absolute atomic E-state index is 6.13. The smallest absolute Gasteiger partial charge is 0.0655 e. The summed E-state index contributed by atoms with van der Waals surface area (Å²) in [6, 6.07) is 0.604. The van der Waals surface area contributed by atoms with Crippen LogP contribution in [0.3, 0.4) is 0 Å². The van der Waals surface area contributed by atoms with Crippen LogP contribution < -0.4 is 5.73 Å². The topological polar surface area (TPSA) is 38.5 Å². The highest BCUT2D eigenvalue weighted by atomic mass is 16.5. The van der Waals surface area contributed by atoms with Crippen molar-refractivity contribution in [2.75, 3.05) is 26.8 Å². The molecule has 0 aromatic carbocycles. The van der Waals surface area contributed by atoms with Crippen LogP contribution in [0.2, 0.25) is 0 Å². The van der Waals surface area contributed by atoms with Gasteiger partial charge in [-0.05, 0) is 20.3 Å². The van der Waals surface area contributed by atoms with Gasteiger partial charge in [0.2, 0.25) is 0 Å². The first-order valence-electron chi connectivity index (χ1n) is 4.59. The number of hydrogen-bond acceptors (Lipinski definition) is 3. The van der Waals surface area contributed by atoms with Gasteiger partial charge in [0.1, 0.15) is 0 Å². The minimum Gasteiger partial charge on any atom is -0.383 e. The Morgan fingerprint density at radius 2 is 2.25 bits per heavy atom. The van der Waals surface area contributed by atoms with Gasteiger partial charge in [-0.15, -0.1) is 0 Å². The molecule has 1 fully saturated rings. The summed E-state index contributed by atoms with van der Waals surface area (Å²) < 4.78 is 5.11. The first kappa shape index (κ1) is 9.96. The quantitative estimate of drug-likeness (QED) is 0.671. The molecule has 1 saturated heterocycles. The van der Waals surface area contributed by atoms with E-state index in [9.17, 15) is 0 Å². The number of methoxy groups -OCH3 is 1. The Labute approximate surface area is 74.9 Å². The fourth-order valence-corrected chi connectivity index (χ4v) is 1.77. The number of nitrogens with two attached hydrogens (primary N) is 1. The van der Waals surface area contributed by atoms with Crippen molar-refractivity contribution in [1.29, 1.82) is 0 Å². The van der Waals surface area contributed by atoms with Crippen molar-refractivity contribution in [2.45, 2.75) is 31.8 Å². The zero-order valence-corrected chi connectivity index (χ0v) is 8.34. The Kier molecular flexibility index (Phi) is 3.09. The van der Waals surface area contributed by atoms with E-state index in [0.29, 0.717) is 12.6 Å². The largest absolute Gasteiger partial charge is 0.383 e. The Balaban J connectivity index is 2.43. The second kappa shape index (κ2) is 3.73. The molecule has 3 nitrogen and oxygen atoms in total. The molecule has 1 atom stereocenters. The lowest BCUT2D eigenvalue weighted by atomic mass is 10.0. The fourth-order valence-electron chi connectivity index (χ4n) is 1.77. The van der Waals surface area contributed by atoms with Gasteiger partial charge in [-0.25, -0.2) is 0 Å². The van der Waals surface area contributed by atoms with Crippen LogP contribution >= 0.6 is 0 Å². The molecule has 0 spiro atoms. The maximum Gasteiger partial charge on any atom is 0.0655 e. The molecule has 0 aliphatic carbocycles. The first-order chi connectivity index (χ1) is 5.57. The van der Waals surface area contributed by atoms with Crippen LogP contribution in [-0.4, -0.2) is 43.3 Å². The van der Waals surface area contributed by atoms with Gasteiger partial charge in [0, 0.05) is 26.2 Å². The van der Waals surface area contributed by atoms with Crippen molar-refractivity contribution in [1.82, 2.24) is 4.90 Å². The third-order valence-electron chi connectivity index (χ3n) is 2.58. The van der Waals surface area contributed by atoms with Gasteiger partial charge in [-0.2, -0.15) is 0 Å². The molecule has 1 unspecified atom stereocenters. The van der Waals surface area contributed by atoms with E-state index in [0.717, 1.165) is 19.5 Å². The number of ether oxygens (including phenoxy) is 1. The molecule has 1 aliphatic heterocycles. The Morgan fingerprint density at radius 1 is 1.58 bits per heavy atom. The van der Waals surface area contributed by atoms with Crippen molar-refractivity contribution in [3.63, 3.8) is 0 Å². The van der Waals surface area contributed by atoms with Gasteiger partial charge in [0.15, 0.2) is 0 Å². The summed E-state index contributed by atoms with van der Waals surface area (Å²) in [6.07, 6.45) is 1.05. The zero-order valence-electron chi connectivity index (χ0n) is 8.34. The van der Waals surface area contributed by atoms with Crippen LogP contribution in [0.5, 0.6) is 0 Å². The summed E-state index contributed by atoms with van der Waals surface area (Å²) in [6.45, 7) is 7.17. The van der Waals surface area contributed by atoms with Crippen molar-refractivity contribution in [2.24, 2.45) is 5.73 Å². The van der Waals surface area contributed by atoms with E-state index in [-0.39, 0.29) is 5.54 Å². The van der Waals surface area contributed by atoms with Gasteiger partial charge in [0.05, 0.1) is 12.1 Å². The molecule has 1 rings (SSSR count). The van der Waals surface area contributed by atoms with Crippen molar-refractivity contribution in [3.8, 4) is 0 Å². The average molecular weight is 172 g/mol. The maximum atomic E-state index is 6.13. The highest BCUT2D eigenvalue weighted by Crippen LogP contribution is 2.20. The third-order valence-corrected chi connectivity index (χ3v) is 2.58. The van der Waals surface area contributed by atoms with Crippen LogP contribution in [0.15, 0.2) is 0 Å². The Morgan fingerprint density at radius 3 is 2.67 bits per heavy atom. The second-order valence-corrected chi connectivity index (χ2v) is 4.11. The summed E-state index contributed by atoms with van der Waals surface area (Å²) in [4.78, 5) is 2.40. The molecule has 2 N–H and O–H groups in total. The van der Waals surface area contributed by atoms with E-state index in [1.54, 1.807) is 7.11 Å². The van der Waals surface area contributed by atoms with E-state index < -0.39 is 0 Å². The highest BCUT2D eigenvalue weighted by molar-refractivity contribution is 4.95. The van der Waals surface area contributed by atoms with Crippen LogP contribution in [0.4, 0.5) is 0 Å². The lowest BCUT2D eigenvalue weighted by Gasteiger charge is -2.25. The van der Waals surface area contributed by atoms with E-state index in [1.165, 1.54) is 0 Å². The lowest BCUT2D eigenvalue weighted by molar-refractivity contribution is 0.130. The standard InChI is InChI=1S/C9H20N2O/c1-8(2)11-5-4-9(10,6-11)7-12-3/h8H,4-7,10H2,1-3H3. The summed E-state index contributed by atoms with van der Waals surface area (Å²) in [5.41, 5.74) is 6.03. The molecular formula is C9H20N2O. The number of rotatable bonds is 3. The second-order valence-electron chi connectivity index (χ2n) is 4.11. The molecule has 12 heavy (non-hydrogen) atoms. The number of hydrogen-bond donors (Lipinski definition) is 1. The number of likely N-dealkylation sites (tertiary alicyclic amines) is 1. The third kappa shape index (κ3) is 2.19. The summed E-state index contributed by atoms with van der Waals surface area (Å²) in [5, 5.41) is 0. The molecular weight excluding hydrogens is 152 g/mol. The van der Waals surface area contributed by atoms with Crippen molar-refractivity contribution >= 4 is 0 Å². The fraction of sp³-hybridized carbons (Fsp3) is 1.00. The molecule has 0 saturated carbocycles. The van der Waals surface area contributed by atoms with Gasteiger partial charge < -0.3 is 10.5 Å². The average Bonchev–Trinajstić information content (AvgIpc) is 2.33. The number of nitrogens with zero attached hydrogens (tertiary/aromatic N) is 1. The molecule has 0 amide bonds. The molecule has 0 bridgehead atoms. The Hall–Kier alpha value is -0.120. The highest BCUT2D eigenvalue weighted by Gasteiger charge is 2.35. The molecule has 0 aromatic heterocycles. The molecule has 0 radical (unpaired) electrons. The molecule has 1 heterocycles. The van der Waals surface area contributed by atoms with Gasteiger partial charge in [0.25, 0.3) is 0 Å². The minimum absolute atomic E-state index is 0.0982. The monoisotopic (exact) mass is 172 g/mol. The normalized spacial score (nSPS) is 31.8. The summed E-state index contributed by atoms with van der Waals surface area (Å²) in [7, 11) is 1.71. The molecule has 1 aliphatic rings. The van der Waals surface area contributed by atoms with Gasteiger partial charge >= 0.3 is 0 Å².